The first kappa shape index (κ1) is 14.3. The fourth-order valence-electron chi connectivity index (χ4n) is 2.74. The summed E-state index contributed by atoms with van der Waals surface area (Å²) in [6.07, 6.45) is 1.51. The molecule has 0 bridgehead atoms. The van der Waals surface area contributed by atoms with Crippen molar-refractivity contribution in [2.45, 2.75) is 18.8 Å². The van der Waals surface area contributed by atoms with E-state index >= 15 is 0 Å². The lowest BCUT2D eigenvalue weighted by molar-refractivity contribution is 0.229. The Bertz CT molecular complexity index is 798. The minimum Gasteiger partial charge on any atom is -0.497 e. The van der Waals surface area contributed by atoms with Gasteiger partial charge < -0.3 is 14.0 Å². The van der Waals surface area contributed by atoms with E-state index in [1.807, 2.05) is 18.2 Å². The maximum Gasteiger partial charge on any atom is 0.233 e. The van der Waals surface area contributed by atoms with Gasteiger partial charge in [0.05, 0.1) is 13.0 Å². The van der Waals surface area contributed by atoms with E-state index in [4.69, 9.17) is 14.0 Å². The van der Waals surface area contributed by atoms with Crippen LogP contribution in [0.2, 0.25) is 0 Å². The van der Waals surface area contributed by atoms with E-state index in [-0.39, 0.29) is 5.92 Å². The van der Waals surface area contributed by atoms with E-state index in [2.05, 4.69) is 27.0 Å². The van der Waals surface area contributed by atoms with E-state index in [0.29, 0.717) is 18.9 Å². The number of thiophene rings is 1. The predicted molar refractivity (Wildman–Crippen MR) is 86.4 cm³/mol. The maximum atomic E-state index is 5.82. The SMILES string of the molecule is COc1ccc2c(c1)C[C@H](c1nc(Cc3ccsc3)no1)CO2. The van der Waals surface area contributed by atoms with Crippen LogP contribution in [0.5, 0.6) is 11.5 Å². The Morgan fingerprint density at radius 1 is 1.35 bits per heavy atom. The van der Waals surface area contributed by atoms with Gasteiger partial charge in [-0.1, -0.05) is 5.16 Å². The summed E-state index contributed by atoms with van der Waals surface area (Å²) in [5.41, 5.74) is 2.32. The van der Waals surface area contributed by atoms with Gasteiger partial charge in [0.25, 0.3) is 0 Å². The molecule has 0 saturated carbocycles. The number of fused-ring (bicyclic) bond motifs is 1. The monoisotopic (exact) mass is 328 g/mol. The lowest BCUT2D eigenvalue weighted by Crippen LogP contribution is -2.19. The van der Waals surface area contributed by atoms with Gasteiger partial charge in [-0.3, -0.25) is 0 Å². The van der Waals surface area contributed by atoms with Gasteiger partial charge in [0.1, 0.15) is 18.1 Å². The summed E-state index contributed by atoms with van der Waals surface area (Å²) in [5.74, 6) is 3.17. The van der Waals surface area contributed by atoms with Gasteiger partial charge in [-0.15, -0.1) is 0 Å². The van der Waals surface area contributed by atoms with Crippen molar-refractivity contribution in [2.75, 3.05) is 13.7 Å². The Hall–Kier alpha value is -2.34. The fraction of sp³-hybridized carbons (Fsp3) is 0.294. The number of hydrogen-bond acceptors (Lipinski definition) is 6. The van der Waals surface area contributed by atoms with Crippen molar-refractivity contribution in [3.63, 3.8) is 0 Å². The van der Waals surface area contributed by atoms with Crippen molar-refractivity contribution in [2.24, 2.45) is 0 Å². The molecule has 1 aliphatic rings. The summed E-state index contributed by atoms with van der Waals surface area (Å²) >= 11 is 1.67. The summed E-state index contributed by atoms with van der Waals surface area (Å²) < 4.78 is 16.6. The first-order chi connectivity index (χ1) is 11.3. The highest BCUT2D eigenvalue weighted by Crippen LogP contribution is 2.34. The molecular formula is C17H16N2O3S. The Balaban J connectivity index is 1.51. The van der Waals surface area contributed by atoms with Crippen LogP contribution in [0.25, 0.3) is 0 Å². The smallest absolute Gasteiger partial charge is 0.233 e. The number of benzene rings is 1. The van der Waals surface area contributed by atoms with Crippen molar-refractivity contribution in [3.8, 4) is 11.5 Å². The van der Waals surface area contributed by atoms with Crippen LogP contribution >= 0.6 is 11.3 Å². The van der Waals surface area contributed by atoms with Crippen LogP contribution in [0.3, 0.4) is 0 Å². The van der Waals surface area contributed by atoms with Gasteiger partial charge in [-0.25, -0.2) is 0 Å². The molecule has 118 valence electrons. The third kappa shape index (κ3) is 2.94. The van der Waals surface area contributed by atoms with Crippen LogP contribution in [0, 0.1) is 0 Å². The molecule has 3 heterocycles. The van der Waals surface area contributed by atoms with Crippen LogP contribution < -0.4 is 9.47 Å². The minimum atomic E-state index is 0.0818. The maximum absolute atomic E-state index is 5.82. The van der Waals surface area contributed by atoms with Gasteiger partial charge in [0.2, 0.25) is 5.89 Å². The van der Waals surface area contributed by atoms with Crippen LogP contribution in [-0.4, -0.2) is 23.9 Å². The molecule has 0 unspecified atom stereocenters. The number of aromatic nitrogens is 2. The third-order valence-corrected chi connectivity index (χ3v) is 4.68. The highest BCUT2D eigenvalue weighted by Gasteiger charge is 2.26. The number of ether oxygens (including phenoxy) is 2. The normalized spacial score (nSPS) is 16.7. The molecule has 0 radical (unpaired) electrons. The number of hydrogen-bond donors (Lipinski definition) is 0. The summed E-state index contributed by atoms with van der Waals surface area (Å²) in [6, 6.07) is 7.93. The Labute approximate surface area is 137 Å². The summed E-state index contributed by atoms with van der Waals surface area (Å²) in [4.78, 5) is 4.54. The summed E-state index contributed by atoms with van der Waals surface area (Å²) in [6.45, 7) is 0.555. The van der Waals surface area contributed by atoms with Crippen LogP contribution in [0.15, 0.2) is 39.5 Å². The molecule has 3 aromatic rings. The Kier molecular flexibility index (Phi) is 3.75. The van der Waals surface area contributed by atoms with Gasteiger partial charge in [0.15, 0.2) is 5.82 Å². The highest BCUT2D eigenvalue weighted by molar-refractivity contribution is 7.07. The lowest BCUT2D eigenvalue weighted by atomic mass is 9.96. The first-order valence-electron chi connectivity index (χ1n) is 7.45. The molecule has 1 atom stereocenters. The van der Waals surface area contributed by atoms with E-state index in [1.165, 1.54) is 5.56 Å². The quantitative estimate of drug-likeness (QED) is 0.734. The standard InChI is InChI=1S/C17H16N2O3S/c1-20-14-2-3-15-12(8-14)7-13(9-21-15)17-18-16(19-22-17)6-11-4-5-23-10-11/h2-5,8,10,13H,6-7,9H2,1H3/t13-/m0/s1. The largest absolute Gasteiger partial charge is 0.497 e. The second-order valence-corrected chi connectivity index (χ2v) is 6.32. The average molecular weight is 328 g/mol. The van der Waals surface area contributed by atoms with Crippen LogP contribution in [-0.2, 0) is 12.8 Å². The zero-order valence-corrected chi connectivity index (χ0v) is 13.5. The molecule has 2 aromatic heterocycles. The minimum absolute atomic E-state index is 0.0818. The molecule has 6 heteroatoms. The molecule has 0 amide bonds. The van der Waals surface area contributed by atoms with Gasteiger partial charge in [-0.2, -0.15) is 16.3 Å². The molecule has 1 aromatic carbocycles. The van der Waals surface area contributed by atoms with Gasteiger partial charge >= 0.3 is 0 Å². The van der Waals surface area contributed by atoms with E-state index in [9.17, 15) is 0 Å². The average Bonchev–Trinajstić information content (AvgIpc) is 3.26. The van der Waals surface area contributed by atoms with Crippen molar-refractivity contribution >= 4 is 11.3 Å². The molecule has 0 N–H and O–H groups in total. The molecule has 1 aliphatic heterocycles. The topological polar surface area (TPSA) is 57.4 Å². The third-order valence-electron chi connectivity index (χ3n) is 3.95. The molecule has 0 fully saturated rings. The molecule has 5 nitrogen and oxygen atoms in total. The second kappa shape index (κ2) is 6.04. The zero-order chi connectivity index (χ0) is 15.6. The summed E-state index contributed by atoms with van der Waals surface area (Å²) in [7, 11) is 1.66. The number of rotatable bonds is 4. The van der Waals surface area contributed by atoms with E-state index < -0.39 is 0 Å². The zero-order valence-electron chi connectivity index (χ0n) is 12.7. The number of methoxy groups -OCH3 is 1. The predicted octanol–water partition coefficient (Wildman–Crippen LogP) is 3.45. The van der Waals surface area contributed by atoms with E-state index in [0.717, 1.165) is 29.3 Å². The van der Waals surface area contributed by atoms with Gasteiger partial charge in [-0.05, 0) is 52.6 Å². The van der Waals surface area contributed by atoms with Crippen molar-refractivity contribution in [1.29, 1.82) is 0 Å². The molecule has 23 heavy (non-hydrogen) atoms. The molecule has 4 rings (SSSR count). The number of nitrogens with zero attached hydrogens (tertiary/aromatic N) is 2. The molecule has 0 aliphatic carbocycles. The van der Waals surface area contributed by atoms with Crippen molar-refractivity contribution < 1.29 is 14.0 Å². The lowest BCUT2D eigenvalue weighted by Gasteiger charge is -2.23. The first-order valence-corrected chi connectivity index (χ1v) is 8.39. The van der Waals surface area contributed by atoms with Crippen LogP contribution in [0.1, 0.15) is 28.8 Å². The van der Waals surface area contributed by atoms with Crippen molar-refractivity contribution in [1.82, 2.24) is 10.1 Å². The molecule has 0 saturated heterocycles. The summed E-state index contributed by atoms with van der Waals surface area (Å²) in [5, 5.41) is 8.24. The second-order valence-electron chi connectivity index (χ2n) is 5.54. The fourth-order valence-corrected chi connectivity index (χ4v) is 3.41. The van der Waals surface area contributed by atoms with E-state index in [1.54, 1.807) is 18.4 Å². The van der Waals surface area contributed by atoms with Crippen molar-refractivity contribution in [3.05, 3.63) is 57.9 Å². The molecule has 0 spiro atoms. The Morgan fingerprint density at radius 3 is 3.13 bits per heavy atom. The Morgan fingerprint density at radius 2 is 2.30 bits per heavy atom. The van der Waals surface area contributed by atoms with Gasteiger partial charge in [0, 0.05) is 6.42 Å². The molecular weight excluding hydrogens is 312 g/mol. The highest BCUT2D eigenvalue weighted by atomic mass is 32.1. The van der Waals surface area contributed by atoms with Crippen LogP contribution in [0.4, 0.5) is 0 Å².